The van der Waals surface area contributed by atoms with Gasteiger partial charge >= 0.3 is 0 Å². The molecular weight excluding hydrogens is 234 g/mol. The van der Waals surface area contributed by atoms with Crippen molar-refractivity contribution in [2.75, 3.05) is 39.8 Å². The SMILES string of the molecule is CCC(CNCC(C)C)N(C)CC1CCCN1CC. The van der Waals surface area contributed by atoms with E-state index >= 15 is 0 Å². The van der Waals surface area contributed by atoms with Crippen LogP contribution in [0, 0.1) is 5.92 Å². The molecule has 2 unspecified atom stereocenters. The second-order valence-corrected chi connectivity index (χ2v) is 6.48. The highest BCUT2D eigenvalue weighted by atomic mass is 15.2. The van der Waals surface area contributed by atoms with Crippen molar-refractivity contribution in [3.8, 4) is 0 Å². The molecule has 1 N–H and O–H groups in total. The van der Waals surface area contributed by atoms with Crippen LogP contribution in [-0.4, -0.2) is 61.7 Å². The third kappa shape index (κ3) is 5.80. The van der Waals surface area contributed by atoms with Crippen molar-refractivity contribution in [3.63, 3.8) is 0 Å². The Morgan fingerprint density at radius 3 is 2.58 bits per heavy atom. The summed E-state index contributed by atoms with van der Waals surface area (Å²) in [5.41, 5.74) is 0. The third-order valence-electron chi connectivity index (χ3n) is 4.43. The van der Waals surface area contributed by atoms with Crippen molar-refractivity contribution in [1.29, 1.82) is 0 Å². The molecule has 1 fully saturated rings. The molecule has 1 heterocycles. The number of hydrogen-bond acceptors (Lipinski definition) is 3. The van der Waals surface area contributed by atoms with Gasteiger partial charge in [0.15, 0.2) is 0 Å². The fraction of sp³-hybridized carbons (Fsp3) is 1.00. The minimum Gasteiger partial charge on any atom is -0.315 e. The molecule has 1 saturated heterocycles. The van der Waals surface area contributed by atoms with Gasteiger partial charge in [0.25, 0.3) is 0 Å². The van der Waals surface area contributed by atoms with Gasteiger partial charge in [0.2, 0.25) is 0 Å². The van der Waals surface area contributed by atoms with Gasteiger partial charge in [0, 0.05) is 25.2 Å². The molecule has 0 aromatic heterocycles. The van der Waals surface area contributed by atoms with E-state index in [9.17, 15) is 0 Å². The van der Waals surface area contributed by atoms with E-state index in [1.807, 2.05) is 0 Å². The molecule has 0 saturated carbocycles. The average molecular weight is 269 g/mol. The Morgan fingerprint density at radius 2 is 2.00 bits per heavy atom. The molecule has 0 bridgehead atoms. The van der Waals surface area contributed by atoms with Crippen molar-refractivity contribution in [3.05, 3.63) is 0 Å². The second kappa shape index (κ2) is 8.93. The molecular formula is C16H35N3. The van der Waals surface area contributed by atoms with E-state index in [4.69, 9.17) is 0 Å². The zero-order chi connectivity index (χ0) is 14.3. The lowest BCUT2D eigenvalue weighted by atomic mass is 10.1. The standard InChI is InChI=1S/C16H35N3/c1-6-15(12-17-11-14(3)4)18(5)13-16-9-8-10-19(16)7-2/h14-17H,6-13H2,1-5H3. The maximum absolute atomic E-state index is 3.61. The lowest BCUT2D eigenvalue weighted by Crippen LogP contribution is -2.46. The van der Waals surface area contributed by atoms with Crippen LogP contribution in [0.5, 0.6) is 0 Å². The monoisotopic (exact) mass is 269 g/mol. The fourth-order valence-corrected chi connectivity index (χ4v) is 3.15. The Labute approximate surface area is 120 Å². The van der Waals surface area contributed by atoms with E-state index in [1.165, 1.54) is 38.9 Å². The summed E-state index contributed by atoms with van der Waals surface area (Å²) in [7, 11) is 2.30. The Balaban J connectivity index is 2.33. The first-order valence-corrected chi connectivity index (χ1v) is 8.23. The van der Waals surface area contributed by atoms with Gasteiger partial charge in [-0.2, -0.15) is 0 Å². The van der Waals surface area contributed by atoms with Gasteiger partial charge in [0.05, 0.1) is 0 Å². The van der Waals surface area contributed by atoms with Gasteiger partial charge in [-0.05, 0) is 51.9 Å². The second-order valence-electron chi connectivity index (χ2n) is 6.48. The van der Waals surface area contributed by atoms with Crippen LogP contribution in [0.4, 0.5) is 0 Å². The highest BCUT2D eigenvalue weighted by Crippen LogP contribution is 2.18. The first-order valence-electron chi connectivity index (χ1n) is 8.23. The number of hydrogen-bond donors (Lipinski definition) is 1. The topological polar surface area (TPSA) is 18.5 Å². The zero-order valence-corrected chi connectivity index (χ0v) is 13.8. The number of nitrogens with one attached hydrogen (secondary N) is 1. The molecule has 3 nitrogen and oxygen atoms in total. The van der Waals surface area contributed by atoms with Crippen molar-refractivity contribution in [2.45, 2.75) is 59.0 Å². The number of nitrogens with zero attached hydrogens (tertiary/aromatic N) is 2. The number of rotatable bonds is 9. The van der Waals surface area contributed by atoms with E-state index in [-0.39, 0.29) is 0 Å². The predicted octanol–water partition coefficient (Wildman–Crippen LogP) is 2.43. The average Bonchev–Trinajstić information content (AvgIpc) is 2.81. The quantitative estimate of drug-likeness (QED) is 0.693. The summed E-state index contributed by atoms with van der Waals surface area (Å²) >= 11 is 0. The summed E-state index contributed by atoms with van der Waals surface area (Å²) in [6, 6.07) is 1.47. The molecule has 1 aliphatic heterocycles. The molecule has 1 aliphatic rings. The summed E-state index contributed by atoms with van der Waals surface area (Å²) in [5.74, 6) is 0.744. The van der Waals surface area contributed by atoms with E-state index in [1.54, 1.807) is 0 Å². The van der Waals surface area contributed by atoms with Crippen molar-refractivity contribution in [2.24, 2.45) is 5.92 Å². The normalized spacial score (nSPS) is 22.6. The Hall–Kier alpha value is -0.120. The number of likely N-dealkylation sites (tertiary alicyclic amines) is 1. The smallest absolute Gasteiger partial charge is 0.0223 e. The van der Waals surface area contributed by atoms with Crippen LogP contribution in [0.2, 0.25) is 0 Å². The van der Waals surface area contributed by atoms with Crippen LogP contribution in [0.1, 0.15) is 47.0 Å². The largest absolute Gasteiger partial charge is 0.315 e. The predicted molar refractivity (Wildman–Crippen MR) is 84.7 cm³/mol. The molecule has 0 radical (unpaired) electrons. The van der Waals surface area contributed by atoms with Crippen molar-refractivity contribution >= 4 is 0 Å². The zero-order valence-electron chi connectivity index (χ0n) is 13.8. The summed E-state index contributed by atoms with van der Waals surface area (Å²) in [5, 5.41) is 3.61. The summed E-state index contributed by atoms with van der Waals surface area (Å²) in [6.07, 6.45) is 4.00. The maximum Gasteiger partial charge on any atom is 0.0223 e. The van der Waals surface area contributed by atoms with Crippen LogP contribution in [-0.2, 0) is 0 Å². The van der Waals surface area contributed by atoms with E-state index < -0.39 is 0 Å². The van der Waals surface area contributed by atoms with Crippen molar-refractivity contribution < 1.29 is 0 Å². The van der Waals surface area contributed by atoms with Crippen LogP contribution in [0.3, 0.4) is 0 Å². The molecule has 0 aromatic rings. The van der Waals surface area contributed by atoms with Crippen molar-refractivity contribution in [1.82, 2.24) is 15.1 Å². The van der Waals surface area contributed by atoms with Gasteiger partial charge in [-0.1, -0.05) is 27.7 Å². The molecule has 3 heteroatoms. The molecule has 0 spiro atoms. The Kier molecular flexibility index (Phi) is 7.96. The summed E-state index contributed by atoms with van der Waals surface area (Å²) < 4.78 is 0. The minimum absolute atomic E-state index is 0.679. The maximum atomic E-state index is 3.61. The highest BCUT2D eigenvalue weighted by Gasteiger charge is 2.25. The van der Waals surface area contributed by atoms with E-state index in [0.717, 1.165) is 25.0 Å². The van der Waals surface area contributed by atoms with Crippen LogP contribution < -0.4 is 5.32 Å². The Morgan fingerprint density at radius 1 is 1.26 bits per heavy atom. The van der Waals surface area contributed by atoms with E-state index in [2.05, 4.69) is 49.9 Å². The number of likely N-dealkylation sites (N-methyl/N-ethyl adjacent to an activating group) is 2. The molecule has 2 atom stereocenters. The molecule has 19 heavy (non-hydrogen) atoms. The lowest BCUT2D eigenvalue weighted by Gasteiger charge is -2.33. The van der Waals surface area contributed by atoms with Gasteiger partial charge < -0.3 is 10.2 Å². The summed E-state index contributed by atoms with van der Waals surface area (Å²) in [6.45, 7) is 15.2. The first-order chi connectivity index (χ1) is 9.08. The molecule has 0 aromatic carbocycles. The third-order valence-corrected chi connectivity index (χ3v) is 4.43. The summed E-state index contributed by atoms with van der Waals surface area (Å²) in [4.78, 5) is 5.22. The minimum atomic E-state index is 0.679. The Bertz CT molecular complexity index is 230. The van der Waals surface area contributed by atoms with Gasteiger partial charge in [-0.15, -0.1) is 0 Å². The highest BCUT2D eigenvalue weighted by molar-refractivity contribution is 4.83. The van der Waals surface area contributed by atoms with Crippen LogP contribution in [0.15, 0.2) is 0 Å². The van der Waals surface area contributed by atoms with Gasteiger partial charge in [0.1, 0.15) is 0 Å². The van der Waals surface area contributed by atoms with Gasteiger partial charge in [-0.3, -0.25) is 4.90 Å². The lowest BCUT2D eigenvalue weighted by molar-refractivity contribution is 0.157. The van der Waals surface area contributed by atoms with E-state index in [0.29, 0.717) is 6.04 Å². The molecule has 1 rings (SSSR count). The van der Waals surface area contributed by atoms with Crippen LogP contribution in [0.25, 0.3) is 0 Å². The molecule has 114 valence electrons. The first kappa shape index (κ1) is 16.9. The molecule has 0 aliphatic carbocycles. The van der Waals surface area contributed by atoms with Gasteiger partial charge in [-0.25, -0.2) is 0 Å². The molecule has 0 amide bonds. The fourth-order valence-electron chi connectivity index (χ4n) is 3.15. The van der Waals surface area contributed by atoms with Crippen LogP contribution >= 0.6 is 0 Å².